The minimum atomic E-state index is -0.846. The number of ether oxygens (including phenoxy) is 1. The number of rotatable bonds is 6. The smallest absolute Gasteiger partial charge is 0.407 e. The Morgan fingerprint density at radius 1 is 1.06 bits per heavy atom. The highest BCUT2D eigenvalue weighted by Gasteiger charge is 2.57. The monoisotopic (exact) mass is 476 g/mol. The molecule has 2 N–H and O–H groups in total. The Hall–Kier alpha value is -3.35. The van der Waals surface area contributed by atoms with Crippen molar-refractivity contribution in [3.05, 3.63) is 59.7 Å². The summed E-state index contributed by atoms with van der Waals surface area (Å²) >= 11 is 0. The van der Waals surface area contributed by atoms with E-state index >= 15 is 0 Å². The maximum Gasteiger partial charge on any atom is 0.407 e. The number of amides is 2. The second-order valence-corrected chi connectivity index (χ2v) is 10.3. The number of carbonyl (C=O) groups excluding carboxylic acids is 2. The van der Waals surface area contributed by atoms with Crippen LogP contribution < -0.4 is 5.32 Å². The summed E-state index contributed by atoms with van der Waals surface area (Å²) in [6.07, 6.45) is 1.92. The molecule has 1 saturated heterocycles. The fourth-order valence-electron chi connectivity index (χ4n) is 6.35. The molecule has 3 atom stereocenters. The van der Waals surface area contributed by atoms with Gasteiger partial charge in [-0.15, -0.1) is 0 Å². The summed E-state index contributed by atoms with van der Waals surface area (Å²) in [4.78, 5) is 40.0. The van der Waals surface area contributed by atoms with Crippen molar-refractivity contribution in [3.8, 4) is 11.1 Å². The fraction of sp³-hybridized carbons (Fsp3) is 0.464. The van der Waals surface area contributed by atoms with Gasteiger partial charge in [-0.1, -0.05) is 68.8 Å². The number of carboxylic acids is 1. The van der Waals surface area contributed by atoms with Crippen molar-refractivity contribution < 1.29 is 24.2 Å². The molecular formula is C28H32N2O5. The molecule has 1 saturated carbocycles. The number of hydrogen-bond donors (Lipinski definition) is 2. The molecular weight excluding hydrogens is 444 g/mol. The Bertz CT molecular complexity index is 1120. The highest BCUT2D eigenvalue weighted by molar-refractivity contribution is 5.88. The van der Waals surface area contributed by atoms with Gasteiger partial charge in [0.2, 0.25) is 5.91 Å². The summed E-state index contributed by atoms with van der Waals surface area (Å²) in [6.45, 7) is 4.33. The molecule has 0 bridgehead atoms. The van der Waals surface area contributed by atoms with Gasteiger partial charge in [-0.05, 0) is 47.4 Å². The minimum Gasteiger partial charge on any atom is -0.481 e. The van der Waals surface area contributed by atoms with Crippen molar-refractivity contribution in [2.75, 3.05) is 13.2 Å². The predicted octanol–water partition coefficient (Wildman–Crippen LogP) is 4.41. The first-order valence-electron chi connectivity index (χ1n) is 12.5. The second-order valence-electron chi connectivity index (χ2n) is 10.3. The molecule has 2 fully saturated rings. The largest absolute Gasteiger partial charge is 0.481 e. The van der Waals surface area contributed by atoms with E-state index in [9.17, 15) is 19.5 Å². The Labute approximate surface area is 205 Å². The fourth-order valence-corrected chi connectivity index (χ4v) is 6.35. The van der Waals surface area contributed by atoms with Gasteiger partial charge < -0.3 is 20.1 Å². The van der Waals surface area contributed by atoms with E-state index in [1.807, 2.05) is 38.1 Å². The van der Waals surface area contributed by atoms with E-state index in [1.165, 1.54) is 0 Å². The van der Waals surface area contributed by atoms with Crippen LogP contribution in [0.3, 0.4) is 0 Å². The van der Waals surface area contributed by atoms with Crippen molar-refractivity contribution in [3.63, 3.8) is 0 Å². The predicted molar refractivity (Wildman–Crippen MR) is 131 cm³/mol. The first-order chi connectivity index (χ1) is 16.8. The van der Waals surface area contributed by atoms with Crippen LogP contribution in [0.5, 0.6) is 0 Å². The Morgan fingerprint density at radius 2 is 1.69 bits per heavy atom. The van der Waals surface area contributed by atoms with Crippen LogP contribution in [-0.4, -0.2) is 53.2 Å². The molecule has 1 aliphatic heterocycles. The molecule has 184 valence electrons. The van der Waals surface area contributed by atoms with E-state index in [-0.39, 0.29) is 30.4 Å². The molecule has 2 aromatic rings. The summed E-state index contributed by atoms with van der Waals surface area (Å²) in [6, 6.07) is 15.2. The van der Waals surface area contributed by atoms with Crippen LogP contribution in [0.15, 0.2) is 48.5 Å². The SMILES string of the molecule is CC(C)C(NC(=O)OCC1c2ccccc2-c2ccccc21)C(=O)N1CCC2(C(=O)O)CCCC12. The summed E-state index contributed by atoms with van der Waals surface area (Å²) in [5.74, 6) is -1.26. The number of nitrogens with zero attached hydrogens (tertiary/aromatic N) is 1. The van der Waals surface area contributed by atoms with Gasteiger partial charge in [0.1, 0.15) is 12.6 Å². The van der Waals surface area contributed by atoms with Crippen LogP contribution >= 0.6 is 0 Å². The number of fused-ring (bicyclic) bond motifs is 4. The summed E-state index contributed by atoms with van der Waals surface area (Å²) < 4.78 is 5.66. The molecule has 0 aromatic heterocycles. The molecule has 2 aliphatic carbocycles. The molecule has 0 radical (unpaired) electrons. The normalized spacial score (nSPS) is 23.5. The molecule has 3 aliphatic rings. The van der Waals surface area contributed by atoms with Gasteiger partial charge in [0.25, 0.3) is 0 Å². The molecule has 0 spiro atoms. The van der Waals surface area contributed by atoms with E-state index in [2.05, 4.69) is 29.6 Å². The molecule has 2 aromatic carbocycles. The maximum atomic E-state index is 13.5. The summed E-state index contributed by atoms with van der Waals surface area (Å²) in [5.41, 5.74) is 3.71. The van der Waals surface area contributed by atoms with Gasteiger partial charge in [-0.3, -0.25) is 9.59 Å². The first kappa shape index (κ1) is 23.4. The van der Waals surface area contributed by atoms with Gasteiger partial charge in [0, 0.05) is 18.5 Å². The molecule has 5 rings (SSSR count). The zero-order chi connectivity index (χ0) is 24.7. The lowest BCUT2D eigenvalue weighted by atomic mass is 9.82. The van der Waals surface area contributed by atoms with Crippen molar-refractivity contribution in [1.82, 2.24) is 10.2 Å². The maximum absolute atomic E-state index is 13.5. The van der Waals surface area contributed by atoms with Gasteiger partial charge in [-0.25, -0.2) is 4.79 Å². The van der Waals surface area contributed by atoms with E-state index in [0.29, 0.717) is 25.8 Å². The third-order valence-electron chi connectivity index (χ3n) is 8.17. The average molecular weight is 477 g/mol. The van der Waals surface area contributed by atoms with E-state index in [0.717, 1.165) is 28.7 Å². The van der Waals surface area contributed by atoms with Crippen LogP contribution in [0.25, 0.3) is 11.1 Å². The van der Waals surface area contributed by atoms with E-state index in [1.54, 1.807) is 4.90 Å². The van der Waals surface area contributed by atoms with Gasteiger partial charge >= 0.3 is 12.1 Å². The number of hydrogen-bond acceptors (Lipinski definition) is 4. The Morgan fingerprint density at radius 3 is 2.29 bits per heavy atom. The second kappa shape index (κ2) is 9.02. The molecule has 35 heavy (non-hydrogen) atoms. The van der Waals surface area contributed by atoms with Crippen LogP contribution in [0.1, 0.15) is 56.6 Å². The standard InChI is InChI=1S/C28H32N2O5/c1-17(2)24(25(31)30-15-14-28(26(32)33)13-7-12-23(28)30)29-27(34)35-16-22-20-10-5-3-8-18(20)19-9-4-6-11-21(19)22/h3-6,8-11,17,22-24H,7,12-16H2,1-2H3,(H,29,34)(H,32,33). The Kier molecular flexibility index (Phi) is 6.03. The summed E-state index contributed by atoms with van der Waals surface area (Å²) in [7, 11) is 0. The van der Waals surface area contributed by atoms with E-state index in [4.69, 9.17) is 4.74 Å². The van der Waals surface area contributed by atoms with Crippen molar-refractivity contribution in [2.45, 2.75) is 57.5 Å². The number of benzene rings is 2. The highest BCUT2D eigenvalue weighted by Crippen LogP contribution is 2.49. The van der Waals surface area contributed by atoms with Crippen LogP contribution in [0.2, 0.25) is 0 Å². The molecule has 3 unspecified atom stereocenters. The minimum absolute atomic E-state index is 0.0606. The lowest BCUT2D eigenvalue weighted by Crippen LogP contribution is -2.54. The third-order valence-corrected chi connectivity index (χ3v) is 8.17. The van der Waals surface area contributed by atoms with Gasteiger partial charge in [-0.2, -0.15) is 0 Å². The number of carbonyl (C=O) groups is 3. The zero-order valence-corrected chi connectivity index (χ0v) is 20.2. The molecule has 7 nitrogen and oxygen atoms in total. The van der Waals surface area contributed by atoms with Crippen molar-refractivity contribution in [2.24, 2.45) is 11.3 Å². The number of carboxylic acid groups (broad SMARTS) is 1. The highest BCUT2D eigenvalue weighted by atomic mass is 16.5. The van der Waals surface area contributed by atoms with Crippen molar-refractivity contribution in [1.29, 1.82) is 0 Å². The van der Waals surface area contributed by atoms with E-state index < -0.39 is 23.5 Å². The number of alkyl carbamates (subject to hydrolysis) is 1. The lowest BCUT2D eigenvalue weighted by molar-refractivity contribution is -0.150. The quantitative estimate of drug-likeness (QED) is 0.644. The number of aliphatic carboxylic acids is 1. The zero-order valence-electron chi connectivity index (χ0n) is 20.2. The average Bonchev–Trinajstić information content (AvgIpc) is 3.52. The number of nitrogens with one attached hydrogen (secondary N) is 1. The van der Waals surface area contributed by atoms with Crippen LogP contribution in [-0.2, 0) is 14.3 Å². The van der Waals surface area contributed by atoms with Gasteiger partial charge in [0.05, 0.1) is 5.41 Å². The lowest BCUT2D eigenvalue weighted by Gasteiger charge is -2.32. The van der Waals surface area contributed by atoms with Crippen LogP contribution in [0.4, 0.5) is 4.79 Å². The molecule has 1 heterocycles. The van der Waals surface area contributed by atoms with Crippen LogP contribution in [0, 0.1) is 11.3 Å². The molecule has 7 heteroatoms. The van der Waals surface area contributed by atoms with Gasteiger partial charge in [0.15, 0.2) is 0 Å². The Balaban J connectivity index is 1.27. The number of likely N-dealkylation sites (tertiary alicyclic amines) is 1. The van der Waals surface area contributed by atoms with Crippen molar-refractivity contribution >= 4 is 18.0 Å². The third kappa shape index (κ3) is 3.87. The topological polar surface area (TPSA) is 95.9 Å². The molecule has 2 amide bonds. The summed E-state index contributed by atoms with van der Waals surface area (Å²) in [5, 5.41) is 12.6. The first-order valence-corrected chi connectivity index (χ1v) is 12.5.